The molecule has 0 spiro atoms. The van der Waals surface area contributed by atoms with Gasteiger partial charge in [-0.15, -0.1) is 0 Å². The van der Waals surface area contributed by atoms with Gasteiger partial charge < -0.3 is 10.2 Å². The molecular formula is C20H25ClFN5. The quantitative estimate of drug-likeness (QED) is 0.642. The number of benzene rings is 1. The summed E-state index contributed by atoms with van der Waals surface area (Å²) in [7, 11) is 1.95. The van der Waals surface area contributed by atoms with Gasteiger partial charge in [0.05, 0.1) is 6.20 Å². The van der Waals surface area contributed by atoms with Crippen molar-refractivity contribution in [2.75, 3.05) is 19.6 Å². The average Bonchev–Trinajstić information content (AvgIpc) is 3.03. The van der Waals surface area contributed by atoms with Crippen LogP contribution in [-0.2, 0) is 7.05 Å². The highest BCUT2D eigenvalue weighted by molar-refractivity contribution is 6.31. The van der Waals surface area contributed by atoms with Gasteiger partial charge in [0, 0.05) is 61.3 Å². The molecular weight excluding hydrogens is 365 g/mol. The van der Waals surface area contributed by atoms with Crippen LogP contribution < -0.4 is 5.32 Å². The molecule has 27 heavy (non-hydrogen) atoms. The third kappa shape index (κ3) is 3.81. The summed E-state index contributed by atoms with van der Waals surface area (Å²) in [4.78, 5) is 6.98. The molecule has 2 aliphatic rings. The Hall–Kier alpha value is -2.08. The van der Waals surface area contributed by atoms with Gasteiger partial charge in [0.25, 0.3) is 0 Å². The van der Waals surface area contributed by atoms with Gasteiger partial charge in [-0.05, 0) is 37.5 Å². The maximum atomic E-state index is 14.2. The van der Waals surface area contributed by atoms with E-state index in [4.69, 9.17) is 11.6 Å². The molecule has 0 amide bonds. The fourth-order valence-electron chi connectivity index (χ4n) is 3.97. The lowest BCUT2D eigenvalue weighted by Gasteiger charge is -2.22. The number of nitrogens with zero attached hydrogens (tertiary/aromatic N) is 4. The Balaban J connectivity index is 1.42. The molecule has 1 saturated heterocycles. The molecule has 3 atom stereocenters. The van der Waals surface area contributed by atoms with Gasteiger partial charge in [0.15, 0.2) is 5.96 Å². The van der Waals surface area contributed by atoms with E-state index in [-0.39, 0.29) is 17.8 Å². The molecule has 2 fully saturated rings. The highest BCUT2D eigenvalue weighted by atomic mass is 35.5. The van der Waals surface area contributed by atoms with Crippen LogP contribution in [0.3, 0.4) is 0 Å². The predicted molar refractivity (Wildman–Crippen MR) is 106 cm³/mol. The van der Waals surface area contributed by atoms with Crippen LogP contribution in [0.15, 0.2) is 35.6 Å². The number of hydrogen-bond donors (Lipinski definition) is 1. The van der Waals surface area contributed by atoms with E-state index >= 15 is 0 Å². The number of aryl methyl sites for hydroxylation is 1. The summed E-state index contributed by atoms with van der Waals surface area (Å²) < 4.78 is 16.0. The summed E-state index contributed by atoms with van der Waals surface area (Å²) in [5, 5.41) is 8.34. The average molecular weight is 390 g/mol. The van der Waals surface area contributed by atoms with Crippen molar-refractivity contribution < 1.29 is 4.39 Å². The highest BCUT2D eigenvalue weighted by Gasteiger charge is 2.43. The summed E-state index contributed by atoms with van der Waals surface area (Å²) >= 11 is 6.23. The lowest BCUT2D eigenvalue weighted by Crippen LogP contribution is -2.41. The van der Waals surface area contributed by atoms with Crippen molar-refractivity contribution >= 4 is 17.6 Å². The standard InChI is InChI=1S/C20H25ClFN5/c1-3-23-20(27-8-7-13(12-27)14-10-24-26(2)11-14)25-18-9-15(18)19-16(21)5-4-6-17(19)22/h4-6,10-11,13,15,18H,3,7-9,12H2,1-2H3,(H,23,25). The van der Waals surface area contributed by atoms with Crippen molar-refractivity contribution in [1.29, 1.82) is 0 Å². The van der Waals surface area contributed by atoms with Crippen LogP contribution in [0.25, 0.3) is 0 Å². The molecule has 1 saturated carbocycles. The smallest absolute Gasteiger partial charge is 0.194 e. The largest absolute Gasteiger partial charge is 0.353 e. The Labute approximate surface area is 164 Å². The fourth-order valence-corrected chi connectivity index (χ4v) is 4.27. The lowest BCUT2D eigenvalue weighted by atomic mass is 10.0. The topological polar surface area (TPSA) is 45.5 Å². The monoisotopic (exact) mass is 389 g/mol. The molecule has 0 radical (unpaired) electrons. The van der Waals surface area contributed by atoms with Gasteiger partial charge in [-0.25, -0.2) is 4.39 Å². The van der Waals surface area contributed by atoms with Gasteiger partial charge in [0.2, 0.25) is 0 Å². The number of aromatic nitrogens is 2. The molecule has 1 N–H and O–H groups in total. The van der Waals surface area contributed by atoms with Gasteiger partial charge >= 0.3 is 0 Å². The van der Waals surface area contributed by atoms with Gasteiger partial charge in [-0.3, -0.25) is 9.67 Å². The first-order chi connectivity index (χ1) is 13.1. The summed E-state index contributed by atoms with van der Waals surface area (Å²) in [5.41, 5.74) is 1.90. The highest BCUT2D eigenvalue weighted by Crippen LogP contribution is 2.45. The fraction of sp³-hybridized carbons (Fsp3) is 0.500. The first kappa shape index (κ1) is 18.3. The molecule has 0 bridgehead atoms. The number of aliphatic imine (C=N–C) groups is 1. The minimum absolute atomic E-state index is 0.109. The van der Waals surface area contributed by atoms with Crippen LogP contribution in [-0.4, -0.2) is 46.3 Å². The first-order valence-corrected chi connectivity index (χ1v) is 9.93. The Morgan fingerprint density at radius 1 is 1.44 bits per heavy atom. The summed E-state index contributed by atoms with van der Waals surface area (Å²) in [5.74, 6) is 1.28. The molecule has 1 aliphatic carbocycles. The van der Waals surface area contributed by atoms with Crippen molar-refractivity contribution in [3.8, 4) is 0 Å². The van der Waals surface area contributed by atoms with Gasteiger partial charge in [-0.1, -0.05) is 17.7 Å². The summed E-state index contributed by atoms with van der Waals surface area (Å²) in [6.07, 6.45) is 6.01. The Bertz CT molecular complexity index is 828. The number of guanidine groups is 1. The third-order valence-electron chi connectivity index (χ3n) is 5.47. The van der Waals surface area contributed by atoms with E-state index in [1.165, 1.54) is 11.6 Å². The number of rotatable bonds is 4. The van der Waals surface area contributed by atoms with Crippen molar-refractivity contribution in [3.05, 3.63) is 52.6 Å². The van der Waals surface area contributed by atoms with Gasteiger partial charge in [-0.2, -0.15) is 5.10 Å². The Morgan fingerprint density at radius 2 is 2.30 bits per heavy atom. The van der Waals surface area contributed by atoms with E-state index in [0.717, 1.165) is 31.9 Å². The van der Waals surface area contributed by atoms with Crippen molar-refractivity contribution in [2.45, 2.75) is 37.6 Å². The van der Waals surface area contributed by atoms with E-state index in [0.29, 0.717) is 23.0 Å². The molecule has 1 aromatic carbocycles. The first-order valence-electron chi connectivity index (χ1n) is 9.55. The Kier molecular flexibility index (Phi) is 5.08. The number of likely N-dealkylation sites (tertiary alicyclic amines) is 1. The molecule has 4 rings (SSSR count). The molecule has 2 aromatic rings. The van der Waals surface area contributed by atoms with Crippen molar-refractivity contribution in [3.63, 3.8) is 0 Å². The molecule has 3 unspecified atom stereocenters. The number of hydrogen-bond acceptors (Lipinski definition) is 2. The van der Waals surface area contributed by atoms with Crippen LogP contribution in [0.1, 0.15) is 42.7 Å². The van der Waals surface area contributed by atoms with E-state index in [2.05, 4.69) is 26.5 Å². The van der Waals surface area contributed by atoms with Gasteiger partial charge in [0.1, 0.15) is 5.82 Å². The van der Waals surface area contributed by atoms with E-state index in [9.17, 15) is 4.39 Å². The summed E-state index contributed by atoms with van der Waals surface area (Å²) in [6, 6.07) is 5.08. The normalized spacial score (nSPS) is 25.1. The zero-order chi connectivity index (χ0) is 19.0. The SMILES string of the molecule is CCN=C(NC1CC1c1c(F)cccc1Cl)N1CCC(c2cnn(C)c2)C1. The second-order valence-electron chi connectivity index (χ2n) is 7.41. The molecule has 1 aliphatic heterocycles. The Morgan fingerprint density at radius 3 is 3.00 bits per heavy atom. The molecule has 144 valence electrons. The van der Waals surface area contributed by atoms with Crippen molar-refractivity contribution in [1.82, 2.24) is 20.0 Å². The van der Waals surface area contributed by atoms with Crippen LogP contribution in [0.4, 0.5) is 4.39 Å². The van der Waals surface area contributed by atoms with Crippen LogP contribution >= 0.6 is 11.6 Å². The molecule has 1 aromatic heterocycles. The van der Waals surface area contributed by atoms with Crippen LogP contribution in [0.5, 0.6) is 0 Å². The third-order valence-corrected chi connectivity index (χ3v) is 5.80. The molecule has 5 nitrogen and oxygen atoms in total. The maximum Gasteiger partial charge on any atom is 0.194 e. The number of halogens is 2. The number of nitrogens with one attached hydrogen (secondary N) is 1. The van der Waals surface area contributed by atoms with Crippen molar-refractivity contribution in [2.24, 2.45) is 12.0 Å². The summed E-state index contributed by atoms with van der Waals surface area (Å²) in [6.45, 7) is 4.64. The predicted octanol–water partition coefficient (Wildman–Crippen LogP) is 3.52. The van der Waals surface area contributed by atoms with E-state index in [1.54, 1.807) is 12.1 Å². The molecule has 7 heteroatoms. The zero-order valence-corrected chi connectivity index (χ0v) is 16.5. The minimum Gasteiger partial charge on any atom is -0.353 e. The second-order valence-corrected chi connectivity index (χ2v) is 7.81. The maximum absolute atomic E-state index is 14.2. The van der Waals surface area contributed by atoms with E-state index < -0.39 is 0 Å². The van der Waals surface area contributed by atoms with E-state index in [1.807, 2.05) is 24.9 Å². The second kappa shape index (κ2) is 7.50. The molecule has 2 heterocycles. The minimum atomic E-state index is -0.219. The zero-order valence-electron chi connectivity index (χ0n) is 15.7. The van der Waals surface area contributed by atoms with Crippen LogP contribution in [0.2, 0.25) is 5.02 Å². The lowest BCUT2D eigenvalue weighted by molar-refractivity contribution is 0.483. The van der Waals surface area contributed by atoms with Crippen LogP contribution in [0, 0.1) is 5.82 Å².